The van der Waals surface area contributed by atoms with E-state index in [0.29, 0.717) is 5.09 Å². The molecule has 1 rings (SSSR count). The van der Waals surface area contributed by atoms with Crippen molar-refractivity contribution in [1.29, 1.82) is 0 Å². The largest absolute Gasteiger partial charge is 0.478 e. The van der Waals surface area contributed by atoms with E-state index in [1.165, 1.54) is 19.1 Å². The van der Waals surface area contributed by atoms with E-state index in [1.807, 2.05) is 0 Å². The van der Waals surface area contributed by atoms with Crippen LogP contribution in [0.3, 0.4) is 0 Å². The Labute approximate surface area is 87.5 Å². The molecule has 0 aliphatic heterocycles. The van der Waals surface area contributed by atoms with E-state index < -0.39 is 5.97 Å². The Balaban J connectivity index is 2.33. The van der Waals surface area contributed by atoms with Crippen LogP contribution in [0.25, 0.3) is 0 Å². The maximum atomic E-state index is 10.5. The van der Waals surface area contributed by atoms with E-state index in [-0.39, 0.29) is 5.56 Å². The Morgan fingerprint density at radius 3 is 2.93 bits per heavy atom. The van der Waals surface area contributed by atoms with E-state index in [1.54, 1.807) is 17.8 Å². The molecular formula is C10H14O3S. The molecule has 4 heteroatoms. The first-order chi connectivity index (χ1) is 6.74. The van der Waals surface area contributed by atoms with Gasteiger partial charge in [-0.05, 0) is 6.42 Å². The summed E-state index contributed by atoms with van der Waals surface area (Å²) >= 11 is 1.57. The van der Waals surface area contributed by atoms with Crippen LogP contribution in [-0.2, 0) is 0 Å². The lowest BCUT2D eigenvalue weighted by molar-refractivity contribution is 0.0696. The van der Waals surface area contributed by atoms with Crippen molar-refractivity contribution < 1.29 is 14.3 Å². The molecule has 0 aliphatic carbocycles. The van der Waals surface area contributed by atoms with Gasteiger partial charge >= 0.3 is 5.97 Å². The van der Waals surface area contributed by atoms with E-state index in [4.69, 9.17) is 9.52 Å². The Bertz CT molecular complexity index is 293. The Kier molecular flexibility index (Phi) is 4.59. The van der Waals surface area contributed by atoms with E-state index >= 15 is 0 Å². The zero-order valence-electron chi connectivity index (χ0n) is 8.16. The quantitative estimate of drug-likeness (QED) is 0.583. The average Bonchev–Trinajstić information content (AvgIpc) is 2.61. The van der Waals surface area contributed by atoms with Crippen molar-refractivity contribution in [2.75, 3.05) is 5.75 Å². The van der Waals surface area contributed by atoms with Gasteiger partial charge in [-0.1, -0.05) is 31.5 Å². The second kappa shape index (κ2) is 5.75. The molecule has 0 spiro atoms. The predicted octanol–water partition coefficient (Wildman–Crippen LogP) is 3.26. The molecule has 78 valence electrons. The summed E-state index contributed by atoms with van der Waals surface area (Å²) in [5.74, 6) is 0.0506. The number of rotatable bonds is 6. The summed E-state index contributed by atoms with van der Waals surface area (Å²) < 4.78 is 5.09. The van der Waals surface area contributed by atoms with Crippen LogP contribution in [0.15, 0.2) is 21.8 Å². The smallest absolute Gasteiger partial charge is 0.339 e. The number of hydrogen-bond donors (Lipinski definition) is 1. The monoisotopic (exact) mass is 214 g/mol. The number of unbranched alkanes of at least 4 members (excludes halogenated alkanes) is 2. The van der Waals surface area contributed by atoms with Crippen molar-refractivity contribution in [3.05, 3.63) is 17.9 Å². The van der Waals surface area contributed by atoms with Crippen molar-refractivity contribution in [2.45, 2.75) is 31.3 Å². The van der Waals surface area contributed by atoms with Crippen molar-refractivity contribution in [3.8, 4) is 0 Å². The zero-order chi connectivity index (χ0) is 10.4. The molecule has 14 heavy (non-hydrogen) atoms. The highest BCUT2D eigenvalue weighted by Gasteiger charge is 2.07. The molecule has 1 aromatic rings. The second-order valence-corrected chi connectivity index (χ2v) is 4.11. The fourth-order valence-electron chi connectivity index (χ4n) is 1.03. The standard InChI is InChI=1S/C10H14O3S/c1-2-3-4-5-14-9-6-8(7-13-9)10(11)12/h6-7H,2-5H2,1H3,(H,11,12). The fourth-order valence-corrected chi connectivity index (χ4v) is 1.91. The van der Waals surface area contributed by atoms with Crippen molar-refractivity contribution in [1.82, 2.24) is 0 Å². The van der Waals surface area contributed by atoms with Gasteiger partial charge in [0.2, 0.25) is 0 Å². The third-order valence-electron chi connectivity index (χ3n) is 1.81. The summed E-state index contributed by atoms with van der Waals surface area (Å²) in [6, 6.07) is 1.57. The molecular weight excluding hydrogens is 200 g/mol. The minimum Gasteiger partial charge on any atom is -0.478 e. The summed E-state index contributed by atoms with van der Waals surface area (Å²) in [5, 5.41) is 9.33. The molecule has 0 atom stereocenters. The van der Waals surface area contributed by atoms with Gasteiger partial charge in [-0.2, -0.15) is 0 Å². The molecule has 0 unspecified atom stereocenters. The van der Waals surface area contributed by atoms with E-state index in [0.717, 1.165) is 12.2 Å². The number of furan rings is 1. The molecule has 0 bridgehead atoms. The lowest BCUT2D eigenvalue weighted by Crippen LogP contribution is -1.91. The third-order valence-corrected chi connectivity index (χ3v) is 2.81. The van der Waals surface area contributed by atoms with Gasteiger partial charge in [-0.25, -0.2) is 4.79 Å². The maximum absolute atomic E-state index is 10.5. The van der Waals surface area contributed by atoms with Gasteiger partial charge in [0.1, 0.15) is 6.26 Å². The molecule has 3 nitrogen and oxygen atoms in total. The number of carbonyl (C=O) groups is 1. The number of hydrogen-bond acceptors (Lipinski definition) is 3. The SMILES string of the molecule is CCCCCSc1cc(C(=O)O)co1. The van der Waals surface area contributed by atoms with E-state index in [2.05, 4.69) is 6.92 Å². The summed E-state index contributed by atoms with van der Waals surface area (Å²) in [7, 11) is 0. The zero-order valence-corrected chi connectivity index (χ0v) is 8.97. The van der Waals surface area contributed by atoms with Crippen LogP contribution in [0.4, 0.5) is 0 Å². The highest BCUT2D eigenvalue weighted by atomic mass is 32.2. The molecule has 0 saturated heterocycles. The lowest BCUT2D eigenvalue weighted by Gasteiger charge is -1.95. The van der Waals surface area contributed by atoms with Gasteiger partial charge in [0.15, 0.2) is 5.09 Å². The minimum absolute atomic E-state index is 0.225. The number of carboxylic acid groups (broad SMARTS) is 1. The van der Waals surface area contributed by atoms with Gasteiger partial charge in [-0.15, -0.1) is 0 Å². The molecule has 1 N–H and O–H groups in total. The van der Waals surface area contributed by atoms with Gasteiger partial charge in [0.05, 0.1) is 5.56 Å². The summed E-state index contributed by atoms with van der Waals surface area (Å²) in [4.78, 5) is 10.5. The van der Waals surface area contributed by atoms with Crippen LogP contribution in [0, 0.1) is 0 Å². The maximum Gasteiger partial charge on any atom is 0.339 e. The van der Waals surface area contributed by atoms with Crippen LogP contribution in [0.5, 0.6) is 0 Å². The third kappa shape index (κ3) is 3.46. The van der Waals surface area contributed by atoms with Gasteiger partial charge < -0.3 is 9.52 Å². The Hall–Kier alpha value is -0.900. The van der Waals surface area contributed by atoms with Gasteiger partial charge in [-0.3, -0.25) is 0 Å². The van der Waals surface area contributed by atoms with Crippen molar-refractivity contribution >= 4 is 17.7 Å². The molecule has 1 aromatic heterocycles. The van der Waals surface area contributed by atoms with Crippen LogP contribution >= 0.6 is 11.8 Å². The molecule has 0 fully saturated rings. The topological polar surface area (TPSA) is 50.4 Å². The van der Waals surface area contributed by atoms with Crippen LogP contribution in [0.2, 0.25) is 0 Å². The van der Waals surface area contributed by atoms with Crippen LogP contribution < -0.4 is 0 Å². The van der Waals surface area contributed by atoms with Crippen molar-refractivity contribution in [3.63, 3.8) is 0 Å². The molecule has 0 radical (unpaired) electrons. The second-order valence-electron chi connectivity index (χ2n) is 3.02. The first kappa shape index (κ1) is 11.2. The summed E-state index contributed by atoms with van der Waals surface area (Å²) in [6.45, 7) is 2.15. The first-order valence-corrected chi connectivity index (χ1v) is 5.67. The van der Waals surface area contributed by atoms with Gasteiger partial charge in [0.25, 0.3) is 0 Å². The fraction of sp³-hybridized carbons (Fsp3) is 0.500. The molecule has 0 saturated carbocycles. The minimum atomic E-state index is -0.936. The van der Waals surface area contributed by atoms with Gasteiger partial charge in [0, 0.05) is 11.8 Å². The molecule has 0 aromatic carbocycles. The molecule has 1 heterocycles. The Morgan fingerprint density at radius 1 is 1.57 bits per heavy atom. The lowest BCUT2D eigenvalue weighted by atomic mass is 10.3. The highest BCUT2D eigenvalue weighted by molar-refractivity contribution is 7.99. The van der Waals surface area contributed by atoms with Crippen LogP contribution in [-0.4, -0.2) is 16.8 Å². The normalized spacial score (nSPS) is 10.4. The summed E-state index contributed by atoms with van der Waals surface area (Å²) in [5.41, 5.74) is 0.225. The number of carboxylic acids is 1. The molecule has 0 aliphatic rings. The first-order valence-electron chi connectivity index (χ1n) is 4.68. The molecule has 0 amide bonds. The number of thioether (sulfide) groups is 1. The Morgan fingerprint density at radius 2 is 2.36 bits per heavy atom. The number of aromatic carboxylic acids is 1. The summed E-state index contributed by atoms with van der Waals surface area (Å²) in [6.07, 6.45) is 4.83. The van der Waals surface area contributed by atoms with Crippen LogP contribution in [0.1, 0.15) is 36.5 Å². The van der Waals surface area contributed by atoms with Crippen molar-refractivity contribution in [2.24, 2.45) is 0 Å². The predicted molar refractivity (Wildman–Crippen MR) is 55.9 cm³/mol. The average molecular weight is 214 g/mol. The van der Waals surface area contributed by atoms with E-state index in [9.17, 15) is 4.79 Å². The highest BCUT2D eigenvalue weighted by Crippen LogP contribution is 2.22.